The largest absolute Gasteiger partial charge is 0.466 e. The van der Waals surface area contributed by atoms with Crippen LogP contribution >= 0.6 is 11.3 Å². The zero-order valence-corrected chi connectivity index (χ0v) is 17.1. The number of hydrogen-bond donors (Lipinski definition) is 2. The van der Waals surface area contributed by atoms with E-state index in [4.69, 9.17) is 4.42 Å². The molecule has 144 valence electrons. The van der Waals surface area contributed by atoms with Crippen LogP contribution in [0.5, 0.6) is 0 Å². The molecule has 1 unspecified atom stereocenters. The number of aliphatic hydroxyl groups excluding tert-OH is 1. The lowest BCUT2D eigenvalue weighted by atomic mass is 9.87. The van der Waals surface area contributed by atoms with Crippen LogP contribution in [0.15, 0.2) is 64.1 Å². The monoisotopic (exact) mass is 405 g/mol. The molecule has 0 radical (unpaired) electrons. The summed E-state index contributed by atoms with van der Waals surface area (Å²) in [6.07, 6.45) is 0.659. The normalized spacial score (nSPS) is 13.6. The van der Waals surface area contributed by atoms with Crippen LogP contribution in [0.2, 0.25) is 0 Å². The van der Waals surface area contributed by atoms with Crippen LogP contribution in [0.4, 0.5) is 0 Å². The highest BCUT2D eigenvalue weighted by Crippen LogP contribution is 2.29. The number of thiophene rings is 1. The molecule has 2 heterocycles. The summed E-state index contributed by atoms with van der Waals surface area (Å²) in [6, 6.07) is 13.9. The predicted octanol–water partition coefficient (Wildman–Crippen LogP) is 4.20. The number of benzene rings is 1. The van der Waals surface area contributed by atoms with E-state index < -0.39 is 16.1 Å². The zero-order chi connectivity index (χ0) is 19.7. The van der Waals surface area contributed by atoms with E-state index in [0.29, 0.717) is 10.6 Å². The van der Waals surface area contributed by atoms with Gasteiger partial charge in [0.1, 0.15) is 11.9 Å². The second-order valence-electron chi connectivity index (χ2n) is 7.32. The van der Waals surface area contributed by atoms with Crippen molar-refractivity contribution in [1.82, 2.24) is 4.72 Å². The maximum Gasteiger partial charge on any atom is 0.240 e. The zero-order valence-electron chi connectivity index (χ0n) is 15.5. The lowest BCUT2D eigenvalue weighted by Gasteiger charge is -2.19. The van der Waals surface area contributed by atoms with E-state index in [2.05, 4.69) is 25.5 Å². The molecule has 5 nitrogen and oxygen atoms in total. The summed E-state index contributed by atoms with van der Waals surface area (Å²) < 4.78 is 32.9. The molecule has 0 aliphatic heterocycles. The molecule has 3 rings (SSSR count). The highest BCUT2D eigenvalue weighted by molar-refractivity contribution is 7.89. The van der Waals surface area contributed by atoms with Crippen LogP contribution in [0.25, 0.3) is 0 Å². The Kier molecular flexibility index (Phi) is 5.58. The fourth-order valence-electron chi connectivity index (χ4n) is 2.61. The van der Waals surface area contributed by atoms with Gasteiger partial charge in [-0.05, 0) is 47.4 Å². The van der Waals surface area contributed by atoms with Gasteiger partial charge in [0.2, 0.25) is 10.0 Å². The molecular weight excluding hydrogens is 382 g/mol. The van der Waals surface area contributed by atoms with Gasteiger partial charge in [-0.1, -0.05) is 32.9 Å². The van der Waals surface area contributed by atoms with Crippen molar-refractivity contribution >= 4 is 21.4 Å². The van der Waals surface area contributed by atoms with E-state index in [1.807, 2.05) is 12.1 Å². The number of sulfonamides is 1. The van der Waals surface area contributed by atoms with E-state index in [1.165, 1.54) is 17.6 Å². The van der Waals surface area contributed by atoms with Crippen molar-refractivity contribution in [3.8, 4) is 0 Å². The van der Waals surface area contributed by atoms with E-state index >= 15 is 0 Å². The van der Waals surface area contributed by atoms with Crippen molar-refractivity contribution in [2.75, 3.05) is 0 Å². The van der Waals surface area contributed by atoms with Crippen LogP contribution in [0.3, 0.4) is 0 Å². The Morgan fingerprint density at radius 3 is 2.41 bits per heavy atom. The van der Waals surface area contributed by atoms with Gasteiger partial charge in [-0.3, -0.25) is 0 Å². The number of hydrogen-bond acceptors (Lipinski definition) is 5. The van der Waals surface area contributed by atoms with Gasteiger partial charge >= 0.3 is 0 Å². The molecule has 1 atom stereocenters. The summed E-state index contributed by atoms with van der Waals surface area (Å²) in [7, 11) is -3.60. The van der Waals surface area contributed by atoms with E-state index in [9.17, 15) is 13.5 Å². The molecule has 0 saturated heterocycles. The Hall–Kier alpha value is -1.93. The fourth-order valence-corrected chi connectivity index (χ4v) is 4.65. The molecule has 3 aromatic rings. The van der Waals surface area contributed by atoms with E-state index in [1.54, 1.807) is 36.4 Å². The molecule has 0 saturated carbocycles. The van der Waals surface area contributed by atoms with Gasteiger partial charge < -0.3 is 9.52 Å². The summed E-state index contributed by atoms with van der Waals surface area (Å²) in [4.78, 5) is 1.75. The highest BCUT2D eigenvalue weighted by Gasteiger charge is 2.19. The first-order valence-electron chi connectivity index (χ1n) is 8.57. The van der Waals surface area contributed by atoms with Crippen molar-refractivity contribution in [2.45, 2.75) is 43.7 Å². The molecular formula is C20H23NO4S2. The van der Waals surface area contributed by atoms with Gasteiger partial charge in [-0.15, -0.1) is 11.3 Å². The molecule has 0 spiro atoms. The first-order chi connectivity index (χ1) is 12.7. The van der Waals surface area contributed by atoms with Gasteiger partial charge in [0.25, 0.3) is 0 Å². The van der Waals surface area contributed by atoms with Gasteiger partial charge in [0, 0.05) is 16.3 Å². The van der Waals surface area contributed by atoms with Crippen LogP contribution in [0.1, 0.15) is 48.0 Å². The second-order valence-corrected chi connectivity index (χ2v) is 10.3. The average Bonchev–Trinajstić information content (AvgIpc) is 3.31. The third-order valence-corrected chi connectivity index (χ3v) is 6.79. The number of furan rings is 1. The highest BCUT2D eigenvalue weighted by atomic mass is 32.2. The Morgan fingerprint density at radius 1 is 1.11 bits per heavy atom. The third-order valence-electron chi connectivity index (χ3n) is 4.23. The van der Waals surface area contributed by atoms with Crippen molar-refractivity contribution in [2.24, 2.45) is 0 Å². The first kappa shape index (κ1) is 19.8. The van der Waals surface area contributed by atoms with Crippen LogP contribution in [-0.2, 0) is 22.0 Å². The Morgan fingerprint density at radius 2 is 1.81 bits per heavy atom. The lowest BCUT2D eigenvalue weighted by Crippen LogP contribution is -2.23. The summed E-state index contributed by atoms with van der Waals surface area (Å²) in [6.45, 7) is 6.42. The van der Waals surface area contributed by atoms with Crippen molar-refractivity contribution in [3.63, 3.8) is 0 Å². The first-order valence-corrected chi connectivity index (χ1v) is 10.9. The minimum atomic E-state index is -3.60. The summed E-state index contributed by atoms with van der Waals surface area (Å²) in [5.41, 5.74) is 1.05. The Balaban J connectivity index is 1.67. The average molecular weight is 406 g/mol. The Bertz CT molecular complexity index is 982. The number of nitrogens with one attached hydrogen (secondary N) is 1. The van der Waals surface area contributed by atoms with Crippen molar-refractivity contribution in [3.05, 3.63) is 75.9 Å². The molecule has 1 aromatic carbocycles. The van der Waals surface area contributed by atoms with Gasteiger partial charge in [-0.2, -0.15) is 0 Å². The van der Waals surface area contributed by atoms with Crippen molar-refractivity contribution < 1.29 is 17.9 Å². The van der Waals surface area contributed by atoms with Crippen LogP contribution < -0.4 is 4.72 Å². The van der Waals surface area contributed by atoms with Gasteiger partial charge in [0.15, 0.2) is 0 Å². The van der Waals surface area contributed by atoms with E-state index in [0.717, 1.165) is 10.4 Å². The fraction of sp³-hybridized carbons (Fsp3) is 0.300. The summed E-state index contributed by atoms with van der Waals surface area (Å²) >= 11 is 1.34. The molecule has 0 fully saturated rings. The molecule has 27 heavy (non-hydrogen) atoms. The molecule has 7 heteroatoms. The Labute approximate surface area is 163 Å². The van der Waals surface area contributed by atoms with Crippen LogP contribution in [-0.4, -0.2) is 13.5 Å². The third kappa shape index (κ3) is 4.68. The van der Waals surface area contributed by atoms with E-state index in [-0.39, 0.29) is 16.9 Å². The quantitative estimate of drug-likeness (QED) is 0.644. The minimum Gasteiger partial charge on any atom is -0.466 e. The molecule has 0 aliphatic rings. The summed E-state index contributed by atoms with van der Waals surface area (Å²) in [5, 5.41) is 10.3. The minimum absolute atomic E-state index is 0.0298. The second kappa shape index (κ2) is 7.59. The number of rotatable bonds is 6. The number of aliphatic hydroxyl groups is 1. The topological polar surface area (TPSA) is 79.5 Å². The molecule has 0 aliphatic carbocycles. The SMILES string of the molecule is CC(C)(C)c1ccc(S(=O)(=O)NCc2ccc(C(O)c3ccco3)s2)cc1. The van der Waals surface area contributed by atoms with Gasteiger partial charge in [-0.25, -0.2) is 13.1 Å². The molecule has 0 amide bonds. The van der Waals surface area contributed by atoms with Gasteiger partial charge in [0.05, 0.1) is 11.2 Å². The maximum absolute atomic E-state index is 12.5. The molecule has 2 aromatic heterocycles. The lowest BCUT2D eigenvalue weighted by molar-refractivity contribution is 0.193. The smallest absolute Gasteiger partial charge is 0.240 e. The molecule has 2 N–H and O–H groups in total. The molecule has 0 bridgehead atoms. The van der Waals surface area contributed by atoms with Crippen molar-refractivity contribution in [1.29, 1.82) is 0 Å². The van der Waals surface area contributed by atoms with Crippen LogP contribution in [0, 0.1) is 0 Å². The maximum atomic E-state index is 12.5. The standard InChI is InChI=1S/C20H23NO4S2/c1-20(2,3)14-6-9-16(10-7-14)27(23,24)21-13-15-8-11-18(26-15)19(22)17-5-4-12-25-17/h4-12,19,21-22H,13H2,1-3H3. The predicted molar refractivity (Wildman–Crippen MR) is 106 cm³/mol. The summed E-state index contributed by atoms with van der Waals surface area (Å²) in [5.74, 6) is 0.461.